The highest BCUT2D eigenvalue weighted by atomic mass is 32.1. The van der Waals surface area contributed by atoms with Crippen molar-refractivity contribution in [2.75, 3.05) is 38.6 Å². The molecule has 0 unspecified atom stereocenters. The third-order valence-electron chi connectivity index (χ3n) is 4.71. The first kappa shape index (κ1) is 19.4. The van der Waals surface area contributed by atoms with Gasteiger partial charge in [-0.05, 0) is 67.6 Å². The predicted molar refractivity (Wildman–Crippen MR) is 108 cm³/mol. The van der Waals surface area contributed by atoms with Gasteiger partial charge in [0.1, 0.15) is 5.75 Å². The highest BCUT2D eigenvalue weighted by Gasteiger charge is 2.17. The average molecular weight is 388 g/mol. The van der Waals surface area contributed by atoms with Gasteiger partial charge in [-0.3, -0.25) is 9.59 Å². The fourth-order valence-electron chi connectivity index (χ4n) is 3.08. The summed E-state index contributed by atoms with van der Waals surface area (Å²) in [5.74, 6) is 1.14. The summed E-state index contributed by atoms with van der Waals surface area (Å²) in [4.78, 5) is 25.4. The average Bonchev–Trinajstić information content (AvgIpc) is 3.19. The number of hydrogen-bond acceptors (Lipinski definition) is 6. The van der Waals surface area contributed by atoms with Gasteiger partial charge in [0.2, 0.25) is 11.7 Å². The van der Waals surface area contributed by atoms with Gasteiger partial charge >= 0.3 is 0 Å². The molecule has 0 bridgehead atoms. The van der Waals surface area contributed by atoms with Crippen LogP contribution in [-0.2, 0) is 4.79 Å². The summed E-state index contributed by atoms with van der Waals surface area (Å²) < 4.78 is 5.13. The van der Waals surface area contributed by atoms with Gasteiger partial charge in [-0.2, -0.15) is 0 Å². The number of anilines is 1. The number of ketones is 1. The van der Waals surface area contributed by atoms with Crippen LogP contribution >= 0.6 is 11.3 Å². The molecule has 0 spiro atoms. The molecule has 1 aromatic heterocycles. The first-order valence-corrected chi connectivity index (χ1v) is 10.0. The van der Waals surface area contributed by atoms with Crippen molar-refractivity contribution in [3.8, 4) is 5.75 Å². The Morgan fingerprint density at radius 1 is 1.19 bits per heavy atom. The molecule has 3 N–H and O–H groups in total. The Kier molecular flexibility index (Phi) is 6.84. The molecular weight excluding hydrogens is 362 g/mol. The zero-order chi connectivity index (χ0) is 19.1. The first-order valence-electron chi connectivity index (χ1n) is 9.15. The van der Waals surface area contributed by atoms with Crippen molar-refractivity contribution in [3.63, 3.8) is 0 Å². The van der Waals surface area contributed by atoms with Crippen molar-refractivity contribution in [1.82, 2.24) is 10.6 Å². The second kappa shape index (κ2) is 9.53. The number of nitrogens with one attached hydrogen (secondary N) is 3. The number of amides is 1. The maximum absolute atomic E-state index is 12.7. The van der Waals surface area contributed by atoms with E-state index in [9.17, 15) is 9.59 Å². The molecule has 1 fully saturated rings. The quantitative estimate of drug-likeness (QED) is 0.607. The number of benzene rings is 1. The monoisotopic (exact) mass is 387 g/mol. The topological polar surface area (TPSA) is 79.5 Å². The predicted octanol–water partition coefficient (Wildman–Crippen LogP) is 2.52. The molecule has 0 radical (unpaired) electrons. The van der Waals surface area contributed by atoms with Crippen molar-refractivity contribution in [3.05, 3.63) is 46.2 Å². The summed E-state index contributed by atoms with van der Waals surface area (Å²) >= 11 is 1.37. The molecule has 144 valence electrons. The molecule has 0 atom stereocenters. The van der Waals surface area contributed by atoms with Crippen LogP contribution in [0.1, 0.15) is 28.1 Å². The standard InChI is InChI=1S/C20H25N3O3S/c1-26-16-4-2-15(3-5-16)19(25)20-17(8-11-27-20)22-13-18(24)23-12-14-6-9-21-10-7-14/h2-5,8,11,14,21-22H,6-7,9-10,12-13H2,1H3,(H,23,24). The molecule has 1 amide bonds. The summed E-state index contributed by atoms with van der Waals surface area (Å²) in [6.07, 6.45) is 2.19. The number of thiophene rings is 1. The lowest BCUT2D eigenvalue weighted by Gasteiger charge is -2.22. The SMILES string of the molecule is COc1ccc(C(=O)c2sccc2NCC(=O)NCC2CCNCC2)cc1. The number of methoxy groups -OCH3 is 1. The van der Waals surface area contributed by atoms with Crippen LogP contribution in [0.5, 0.6) is 5.75 Å². The number of carbonyl (C=O) groups is 2. The molecular formula is C20H25N3O3S. The maximum atomic E-state index is 12.7. The van der Waals surface area contributed by atoms with Crippen LogP contribution in [0.15, 0.2) is 35.7 Å². The van der Waals surface area contributed by atoms with E-state index in [1.165, 1.54) is 11.3 Å². The van der Waals surface area contributed by atoms with Crippen molar-refractivity contribution in [2.45, 2.75) is 12.8 Å². The lowest BCUT2D eigenvalue weighted by atomic mass is 9.98. The van der Waals surface area contributed by atoms with Crippen LogP contribution in [0.3, 0.4) is 0 Å². The van der Waals surface area contributed by atoms with Crippen molar-refractivity contribution >= 4 is 28.7 Å². The van der Waals surface area contributed by atoms with E-state index in [1.54, 1.807) is 31.4 Å². The van der Waals surface area contributed by atoms with Crippen LogP contribution in [0.25, 0.3) is 0 Å². The maximum Gasteiger partial charge on any atom is 0.239 e. The van der Waals surface area contributed by atoms with E-state index < -0.39 is 0 Å². The fourth-order valence-corrected chi connectivity index (χ4v) is 3.91. The normalized spacial score (nSPS) is 14.6. The third kappa shape index (κ3) is 5.30. The van der Waals surface area contributed by atoms with Crippen molar-refractivity contribution < 1.29 is 14.3 Å². The Balaban J connectivity index is 1.53. The third-order valence-corrected chi connectivity index (χ3v) is 5.62. The molecule has 7 heteroatoms. The summed E-state index contributed by atoms with van der Waals surface area (Å²) in [5, 5.41) is 11.3. The van der Waals surface area contributed by atoms with E-state index >= 15 is 0 Å². The van der Waals surface area contributed by atoms with Crippen LogP contribution in [0, 0.1) is 5.92 Å². The summed E-state index contributed by atoms with van der Waals surface area (Å²) in [5.41, 5.74) is 1.29. The number of carbonyl (C=O) groups excluding carboxylic acids is 2. The molecule has 1 aromatic carbocycles. The molecule has 2 aromatic rings. The van der Waals surface area contributed by atoms with Gasteiger partial charge in [0.25, 0.3) is 0 Å². The highest BCUT2D eigenvalue weighted by molar-refractivity contribution is 7.13. The van der Waals surface area contributed by atoms with Gasteiger partial charge in [-0.15, -0.1) is 11.3 Å². The molecule has 1 aliphatic heterocycles. The molecule has 2 heterocycles. The molecule has 1 aliphatic rings. The van der Waals surface area contributed by atoms with Gasteiger partial charge in [0.05, 0.1) is 24.2 Å². The van der Waals surface area contributed by atoms with Gasteiger partial charge in [0.15, 0.2) is 0 Å². The van der Waals surface area contributed by atoms with Crippen LogP contribution in [0.4, 0.5) is 5.69 Å². The summed E-state index contributed by atoms with van der Waals surface area (Å²) in [6, 6.07) is 8.86. The van der Waals surface area contributed by atoms with Crippen LogP contribution in [0.2, 0.25) is 0 Å². The lowest BCUT2D eigenvalue weighted by Crippen LogP contribution is -2.38. The molecule has 3 rings (SSSR count). The molecule has 0 aliphatic carbocycles. The second-order valence-electron chi connectivity index (χ2n) is 6.57. The van der Waals surface area contributed by atoms with Crippen LogP contribution in [-0.4, -0.2) is 45.0 Å². The Labute approximate surface area is 163 Å². The number of rotatable bonds is 8. The van der Waals surface area contributed by atoms with E-state index in [4.69, 9.17) is 4.74 Å². The second-order valence-corrected chi connectivity index (χ2v) is 7.49. The van der Waals surface area contributed by atoms with E-state index in [0.29, 0.717) is 34.3 Å². The smallest absolute Gasteiger partial charge is 0.239 e. The van der Waals surface area contributed by atoms with Gasteiger partial charge in [0, 0.05) is 12.1 Å². The van der Waals surface area contributed by atoms with Gasteiger partial charge in [-0.25, -0.2) is 0 Å². The Morgan fingerprint density at radius 3 is 2.63 bits per heavy atom. The zero-order valence-electron chi connectivity index (χ0n) is 15.4. The largest absolute Gasteiger partial charge is 0.497 e. The van der Waals surface area contributed by atoms with Gasteiger partial charge in [-0.1, -0.05) is 0 Å². The van der Waals surface area contributed by atoms with Gasteiger partial charge < -0.3 is 20.7 Å². The number of hydrogen-bond donors (Lipinski definition) is 3. The fraction of sp³-hybridized carbons (Fsp3) is 0.400. The Morgan fingerprint density at radius 2 is 1.93 bits per heavy atom. The van der Waals surface area contributed by atoms with E-state index in [0.717, 1.165) is 25.9 Å². The lowest BCUT2D eigenvalue weighted by molar-refractivity contribution is -0.119. The molecule has 1 saturated heterocycles. The summed E-state index contributed by atoms with van der Waals surface area (Å²) in [6.45, 7) is 2.91. The Bertz CT molecular complexity index is 767. The van der Waals surface area contributed by atoms with Crippen molar-refractivity contribution in [1.29, 1.82) is 0 Å². The molecule has 6 nitrogen and oxygen atoms in total. The minimum atomic E-state index is -0.0646. The zero-order valence-corrected chi connectivity index (χ0v) is 16.2. The minimum Gasteiger partial charge on any atom is -0.497 e. The van der Waals surface area contributed by atoms with E-state index in [1.807, 2.05) is 11.4 Å². The summed E-state index contributed by atoms with van der Waals surface area (Å²) in [7, 11) is 1.59. The van der Waals surface area contributed by atoms with Crippen molar-refractivity contribution in [2.24, 2.45) is 5.92 Å². The number of piperidine rings is 1. The first-order chi connectivity index (χ1) is 13.2. The molecule has 0 saturated carbocycles. The highest BCUT2D eigenvalue weighted by Crippen LogP contribution is 2.26. The van der Waals surface area contributed by atoms with E-state index in [2.05, 4.69) is 16.0 Å². The van der Waals surface area contributed by atoms with E-state index in [-0.39, 0.29) is 18.2 Å². The molecule has 27 heavy (non-hydrogen) atoms. The Hall–Kier alpha value is -2.38. The minimum absolute atomic E-state index is 0.0532. The van der Waals surface area contributed by atoms with Crippen LogP contribution < -0.4 is 20.7 Å². The number of ether oxygens (including phenoxy) is 1.